The smallest absolute Gasteiger partial charge is 0.227 e. The number of benzene rings is 8. The molecule has 5 nitrogen and oxygen atoms in total. The van der Waals surface area contributed by atoms with Crippen LogP contribution in [0.15, 0.2) is 197 Å². The van der Waals surface area contributed by atoms with E-state index in [0.29, 0.717) is 11.5 Å². The molecule has 0 unspecified atom stereocenters. The van der Waals surface area contributed by atoms with Crippen molar-refractivity contribution in [3.05, 3.63) is 188 Å². The monoisotopic (exact) mass is 725 g/mol. The van der Waals surface area contributed by atoms with E-state index in [-0.39, 0.29) is 0 Å². The molecule has 0 fully saturated rings. The third kappa shape index (κ3) is 5.26. The summed E-state index contributed by atoms with van der Waals surface area (Å²) in [7, 11) is 0. The van der Waals surface area contributed by atoms with Crippen LogP contribution in [0.3, 0.4) is 0 Å². The number of rotatable bonds is 7. The lowest BCUT2D eigenvalue weighted by atomic mass is 10.1. The van der Waals surface area contributed by atoms with Gasteiger partial charge in [0, 0.05) is 61.0 Å². The number of anilines is 6. The molecule has 0 radical (unpaired) electrons. The van der Waals surface area contributed by atoms with Crippen LogP contribution in [0.1, 0.15) is 0 Å². The number of hydrogen-bond acceptors (Lipinski definition) is 6. The van der Waals surface area contributed by atoms with Crippen LogP contribution >= 0.6 is 11.3 Å². The molecule has 0 aliphatic rings. The van der Waals surface area contributed by atoms with Gasteiger partial charge in [0.15, 0.2) is 5.58 Å². The number of fused-ring (bicyclic) bond motifs is 7. The molecular weight excluding hydrogens is 695 g/mol. The molecule has 8 aromatic carbocycles. The fraction of sp³-hybridized carbons (Fsp3) is 0. The van der Waals surface area contributed by atoms with E-state index in [1.165, 1.54) is 20.2 Å². The van der Waals surface area contributed by atoms with Crippen LogP contribution in [0, 0.1) is 0 Å². The first-order valence-electron chi connectivity index (χ1n) is 18.3. The van der Waals surface area contributed by atoms with Crippen molar-refractivity contribution in [3.8, 4) is 11.5 Å². The third-order valence-corrected chi connectivity index (χ3v) is 11.5. The molecule has 0 atom stereocenters. The second-order valence-corrected chi connectivity index (χ2v) is 14.6. The van der Waals surface area contributed by atoms with Gasteiger partial charge in [0.1, 0.15) is 16.7 Å². The topological polar surface area (TPSA) is 45.7 Å². The van der Waals surface area contributed by atoms with E-state index in [2.05, 4.69) is 149 Å². The first kappa shape index (κ1) is 31.4. The minimum absolute atomic E-state index is 0.567. The van der Waals surface area contributed by atoms with Gasteiger partial charge in [0.2, 0.25) is 5.89 Å². The van der Waals surface area contributed by atoms with E-state index in [1.54, 1.807) is 0 Å². The Morgan fingerprint density at radius 1 is 0.400 bits per heavy atom. The molecule has 55 heavy (non-hydrogen) atoms. The van der Waals surface area contributed by atoms with E-state index in [0.717, 1.165) is 67.1 Å². The fourth-order valence-electron chi connectivity index (χ4n) is 7.77. The molecule has 0 aliphatic carbocycles. The predicted octanol–water partition coefficient (Wildman–Crippen LogP) is 14.7. The summed E-state index contributed by atoms with van der Waals surface area (Å²) in [5.74, 6) is 0.567. The maximum Gasteiger partial charge on any atom is 0.227 e. The van der Waals surface area contributed by atoms with Crippen molar-refractivity contribution in [1.82, 2.24) is 4.98 Å². The Labute approximate surface area is 320 Å². The van der Waals surface area contributed by atoms with Crippen LogP contribution in [-0.4, -0.2) is 4.98 Å². The lowest BCUT2D eigenvalue weighted by Crippen LogP contribution is -2.14. The maximum absolute atomic E-state index is 6.74. The first-order chi connectivity index (χ1) is 27.3. The molecule has 0 N–H and O–H groups in total. The molecule has 0 saturated heterocycles. The zero-order valence-corrected chi connectivity index (χ0v) is 30.3. The Bertz CT molecular complexity index is 3170. The highest BCUT2D eigenvalue weighted by atomic mass is 32.1. The SMILES string of the molecule is c1ccc(-c2nc3c(N(c4ccccc4)c4cccc5c4sc4ccccc45)cc(N(c4ccccc4)c4ccc5c(c4)oc4ccccc45)cc3o2)cc1. The molecule has 0 amide bonds. The van der Waals surface area contributed by atoms with Crippen molar-refractivity contribution in [1.29, 1.82) is 0 Å². The summed E-state index contributed by atoms with van der Waals surface area (Å²) in [6, 6.07) is 65.4. The summed E-state index contributed by atoms with van der Waals surface area (Å²) in [6.45, 7) is 0. The van der Waals surface area contributed by atoms with Gasteiger partial charge in [-0.15, -0.1) is 11.3 Å². The minimum atomic E-state index is 0.567. The van der Waals surface area contributed by atoms with Crippen molar-refractivity contribution in [2.45, 2.75) is 0 Å². The van der Waals surface area contributed by atoms with Gasteiger partial charge in [0.25, 0.3) is 0 Å². The molecule has 0 bridgehead atoms. The Hall–Kier alpha value is -7.15. The van der Waals surface area contributed by atoms with Crippen molar-refractivity contribution in [3.63, 3.8) is 0 Å². The number of thiophene rings is 1. The molecule has 6 heteroatoms. The van der Waals surface area contributed by atoms with Crippen molar-refractivity contribution in [2.75, 3.05) is 9.80 Å². The lowest BCUT2D eigenvalue weighted by molar-refractivity contribution is 0.620. The van der Waals surface area contributed by atoms with Gasteiger partial charge in [-0.25, -0.2) is 4.98 Å². The summed E-state index contributed by atoms with van der Waals surface area (Å²) in [4.78, 5) is 9.86. The van der Waals surface area contributed by atoms with E-state index in [9.17, 15) is 0 Å². The van der Waals surface area contributed by atoms with Gasteiger partial charge in [-0.2, -0.15) is 0 Å². The van der Waals surface area contributed by atoms with Gasteiger partial charge in [-0.05, 0) is 72.8 Å². The molecule has 260 valence electrons. The number of oxazole rings is 1. The van der Waals surface area contributed by atoms with Crippen molar-refractivity contribution < 1.29 is 8.83 Å². The number of hydrogen-bond donors (Lipinski definition) is 0. The molecule has 11 rings (SSSR count). The van der Waals surface area contributed by atoms with Crippen molar-refractivity contribution >= 4 is 98.7 Å². The first-order valence-corrected chi connectivity index (χ1v) is 19.1. The molecule has 11 aromatic rings. The number of furan rings is 1. The Kier molecular flexibility index (Phi) is 7.28. The number of nitrogens with zero attached hydrogens (tertiary/aromatic N) is 3. The Morgan fingerprint density at radius 3 is 1.84 bits per heavy atom. The third-order valence-electron chi connectivity index (χ3n) is 10.3. The van der Waals surface area contributed by atoms with Crippen LogP contribution in [-0.2, 0) is 0 Å². The lowest BCUT2D eigenvalue weighted by Gasteiger charge is -2.29. The summed E-state index contributed by atoms with van der Waals surface area (Å²) in [5, 5.41) is 4.66. The fourth-order valence-corrected chi connectivity index (χ4v) is 8.98. The highest BCUT2D eigenvalue weighted by Crippen LogP contribution is 2.49. The van der Waals surface area contributed by atoms with Gasteiger partial charge < -0.3 is 18.6 Å². The van der Waals surface area contributed by atoms with Crippen LogP contribution in [0.5, 0.6) is 0 Å². The second-order valence-electron chi connectivity index (χ2n) is 13.6. The zero-order valence-electron chi connectivity index (χ0n) is 29.5. The molecule has 0 saturated carbocycles. The van der Waals surface area contributed by atoms with E-state index < -0.39 is 0 Å². The predicted molar refractivity (Wildman–Crippen MR) is 229 cm³/mol. The average molecular weight is 726 g/mol. The molecule has 3 heterocycles. The van der Waals surface area contributed by atoms with Crippen LogP contribution < -0.4 is 9.80 Å². The number of para-hydroxylation sites is 3. The summed E-state index contributed by atoms with van der Waals surface area (Å²) < 4.78 is 15.6. The van der Waals surface area contributed by atoms with E-state index in [4.69, 9.17) is 13.8 Å². The quantitative estimate of drug-likeness (QED) is 0.164. The minimum Gasteiger partial charge on any atom is -0.456 e. The van der Waals surface area contributed by atoms with E-state index in [1.807, 2.05) is 59.9 Å². The van der Waals surface area contributed by atoms with Crippen LogP contribution in [0.4, 0.5) is 34.1 Å². The summed E-state index contributed by atoms with van der Waals surface area (Å²) in [6.07, 6.45) is 0. The normalized spacial score (nSPS) is 11.6. The van der Waals surface area contributed by atoms with Crippen LogP contribution in [0.2, 0.25) is 0 Å². The maximum atomic E-state index is 6.74. The van der Waals surface area contributed by atoms with Crippen molar-refractivity contribution in [2.24, 2.45) is 0 Å². The van der Waals surface area contributed by atoms with Gasteiger partial charge in [-0.3, -0.25) is 0 Å². The standard InChI is InChI=1S/C49H31N3O2S/c1-4-15-32(16-5-1)49-50-47-42(52(34-19-8-3-9-20-34)41-24-14-23-40-39-22-11-13-26-46(39)55-48(40)41)29-36(31-45(47)54-49)51(33-17-6-2-7-18-33)35-27-28-38-37-21-10-12-25-43(37)53-44(38)30-35/h1-31H. The molecule has 3 aromatic heterocycles. The Balaban J connectivity index is 1.21. The molecule has 0 spiro atoms. The highest BCUT2D eigenvalue weighted by Gasteiger charge is 2.26. The zero-order chi connectivity index (χ0) is 36.3. The largest absolute Gasteiger partial charge is 0.456 e. The van der Waals surface area contributed by atoms with Crippen LogP contribution in [0.25, 0.3) is 64.7 Å². The highest BCUT2D eigenvalue weighted by molar-refractivity contribution is 7.26. The average Bonchev–Trinajstić information content (AvgIpc) is 3.96. The Morgan fingerprint density at radius 2 is 1.04 bits per heavy atom. The van der Waals surface area contributed by atoms with Gasteiger partial charge in [-0.1, -0.05) is 103 Å². The molecule has 0 aliphatic heterocycles. The summed E-state index contributed by atoms with van der Waals surface area (Å²) >= 11 is 1.81. The second kappa shape index (κ2) is 12.8. The number of aromatic nitrogens is 1. The van der Waals surface area contributed by atoms with Gasteiger partial charge >= 0.3 is 0 Å². The van der Waals surface area contributed by atoms with Gasteiger partial charge in [0.05, 0.1) is 21.8 Å². The van der Waals surface area contributed by atoms with E-state index >= 15 is 0 Å². The molecular formula is C49H31N3O2S. The summed E-state index contributed by atoms with van der Waals surface area (Å²) in [5.41, 5.74) is 9.94.